The first-order chi connectivity index (χ1) is 16.0. The second-order valence-electron chi connectivity index (χ2n) is 10.0. The molecule has 33 heavy (non-hydrogen) atoms. The highest BCUT2D eigenvalue weighted by Gasteiger charge is 2.42. The van der Waals surface area contributed by atoms with Crippen LogP contribution in [-0.4, -0.2) is 52.4 Å². The van der Waals surface area contributed by atoms with E-state index < -0.39 is 24.4 Å². The number of ether oxygens (including phenoxy) is 2. The molecule has 2 aliphatic heterocycles. The lowest BCUT2D eigenvalue weighted by atomic mass is 9.88. The van der Waals surface area contributed by atoms with Gasteiger partial charge in [-0.2, -0.15) is 0 Å². The normalized spacial score (nSPS) is 31.3. The molecule has 0 aromatic heterocycles. The summed E-state index contributed by atoms with van der Waals surface area (Å²) in [6.07, 6.45) is 3.88. The van der Waals surface area contributed by atoms with Crippen LogP contribution in [0.25, 0.3) is 0 Å². The molecule has 3 aliphatic rings. The molecule has 3 unspecified atom stereocenters. The third-order valence-electron chi connectivity index (χ3n) is 7.76. The second kappa shape index (κ2) is 9.65. The molecule has 2 heterocycles. The highest BCUT2D eigenvalue weighted by molar-refractivity contribution is 6.31. The van der Waals surface area contributed by atoms with Gasteiger partial charge < -0.3 is 24.8 Å². The highest BCUT2D eigenvalue weighted by atomic mass is 35.5. The van der Waals surface area contributed by atoms with Crippen molar-refractivity contribution < 1.29 is 24.8 Å². The maximum atomic E-state index is 10.2. The van der Waals surface area contributed by atoms with E-state index in [4.69, 9.17) is 21.1 Å². The smallest absolute Gasteiger partial charge is 0.110 e. The molecule has 5 atom stereocenters. The first kappa shape index (κ1) is 23.3. The van der Waals surface area contributed by atoms with E-state index in [0.29, 0.717) is 17.4 Å². The van der Waals surface area contributed by atoms with E-state index >= 15 is 0 Å². The average Bonchev–Trinajstić information content (AvgIpc) is 3.47. The van der Waals surface area contributed by atoms with Crippen LogP contribution < -0.4 is 0 Å². The summed E-state index contributed by atoms with van der Waals surface area (Å²) in [6.45, 7) is 0.485. The molecule has 178 valence electrons. The van der Waals surface area contributed by atoms with Crippen molar-refractivity contribution in [1.29, 1.82) is 0 Å². The maximum absolute atomic E-state index is 10.2. The van der Waals surface area contributed by atoms with Crippen LogP contribution in [0, 0.1) is 0 Å². The highest BCUT2D eigenvalue weighted by Crippen LogP contribution is 2.46. The van der Waals surface area contributed by atoms with Crippen LogP contribution in [0.1, 0.15) is 72.8 Å². The van der Waals surface area contributed by atoms with Crippen molar-refractivity contribution >= 4 is 11.6 Å². The zero-order valence-electron chi connectivity index (χ0n) is 18.8. The zero-order chi connectivity index (χ0) is 23.0. The Morgan fingerprint density at radius 1 is 1.00 bits per heavy atom. The van der Waals surface area contributed by atoms with Crippen molar-refractivity contribution in [3.63, 3.8) is 0 Å². The molecule has 0 amide bonds. The lowest BCUT2D eigenvalue weighted by Gasteiger charge is -2.36. The van der Waals surface area contributed by atoms with Crippen molar-refractivity contribution in [2.24, 2.45) is 0 Å². The minimum absolute atomic E-state index is 0.136. The van der Waals surface area contributed by atoms with Crippen LogP contribution >= 0.6 is 11.6 Å². The number of benzene rings is 2. The molecule has 1 aliphatic carbocycles. The fourth-order valence-electron chi connectivity index (χ4n) is 5.80. The Labute approximate surface area is 200 Å². The fraction of sp³-hybridized carbons (Fsp3) is 0.556. The van der Waals surface area contributed by atoms with Gasteiger partial charge in [-0.25, -0.2) is 0 Å². The van der Waals surface area contributed by atoms with Crippen LogP contribution in [0.4, 0.5) is 0 Å². The fourth-order valence-corrected chi connectivity index (χ4v) is 5.99. The summed E-state index contributed by atoms with van der Waals surface area (Å²) in [5, 5.41) is 30.3. The minimum atomic E-state index is -1.08. The monoisotopic (exact) mass is 472 g/mol. The Morgan fingerprint density at radius 3 is 2.45 bits per heavy atom. The summed E-state index contributed by atoms with van der Waals surface area (Å²) in [6, 6.07) is 14.6. The molecule has 3 fully saturated rings. The molecule has 1 spiro atoms. The first-order valence-electron chi connectivity index (χ1n) is 12.1. The third kappa shape index (κ3) is 4.86. The zero-order valence-corrected chi connectivity index (χ0v) is 19.6. The Morgan fingerprint density at radius 2 is 1.73 bits per heavy atom. The summed E-state index contributed by atoms with van der Waals surface area (Å²) in [4.78, 5) is 0. The van der Waals surface area contributed by atoms with Crippen LogP contribution in [-0.2, 0) is 15.9 Å². The van der Waals surface area contributed by atoms with E-state index in [9.17, 15) is 15.3 Å². The van der Waals surface area contributed by atoms with Crippen LogP contribution in [0.15, 0.2) is 42.5 Å². The standard InChI is InChI=1S/C27H33ClO5/c28-22-8-7-19(24-13-23(30)26(31)25(15-29)33-24)12-20(22)11-17-3-5-18(6-4-17)21-14-27(32-16-21)9-1-2-10-27/h3-8,12,21,23-26,29-31H,1-2,9-11,13-16H2/t21?,23?,24-,25?,26-/m0/s1. The van der Waals surface area contributed by atoms with Crippen LogP contribution in [0.2, 0.25) is 5.02 Å². The van der Waals surface area contributed by atoms with Gasteiger partial charge in [-0.05, 0) is 54.0 Å². The molecule has 2 saturated heterocycles. The minimum Gasteiger partial charge on any atom is -0.394 e. The third-order valence-corrected chi connectivity index (χ3v) is 8.13. The van der Waals surface area contributed by atoms with Crippen molar-refractivity contribution in [2.75, 3.05) is 13.2 Å². The lowest BCUT2D eigenvalue weighted by Crippen LogP contribution is -2.47. The molecule has 0 bridgehead atoms. The van der Waals surface area contributed by atoms with E-state index in [2.05, 4.69) is 24.3 Å². The molecule has 0 radical (unpaired) electrons. The Balaban J connectivity index is 1.28. The van der Waals surface area contributed by atoms with Gasteiger partial charge in [0, 0.05) is 17.4 Å². The number of halogens is 1. The SMILES string of the molecule is OCC1O[C@H](c2ccc(Cl)c(Cc3ccc(C4COC5(CCCC5)C4)cc3)c2)CC(O)[C@@H]1O. The molecular weight excluding hydrogens is 440 g/mol. The van der Waals surface area contributed by atoms with E-state index in [1.54, 1.807) is 0 Å². The van der Waals surface area contributed by atoms with E-state index in [1.165, 1.54) is 36.8 Å². The van der Waals surface area contributed by atoms with E-state index in [1.807, 2.05) is 18.2 Å². The number of aliphatic hydroxyl groups excluding tert-OH is 3. The molecular formula is C27H33ClO5. The van der Waals surface area contributed by atoms with Crippen LogP contribution in [0.5, 0.6) is 0 Å². The summed E-state index contributed by atoms with van der Waals surface area (Å²) < 4.78 is 12.1. The first-order valence-corrected chi connectivity index (χ1v) is 12.5. The van der Waals surface area contributed by atoms with Crippen molar-refractivity contribution in [2.45, 2.75) is 80.9 Å². The summed E-state index contributed by atoms with van der Waals surface area (Å²) in [7, 11) is 0. The van der Waals surface area contributed by atoms with Crippen molar-refractivity contribution in [3.8, 4) is 0 Å². The van der Waals surface area contributed by atoms with Gasteiger partial charge in [0.1, 0.15) is 12.2 Å². The van der Waals surface area contributed by atoms with E-state index in [-0.39, 0.29) is 18.6 Å². The van der Waals surface area contributed by atoms with Crippen molar-refractivity contribution in [3.05, 3.63) is 69.7 Å². The Bertz CT molecular complexity index is 955. The molecule has 5 rings (SSSR count). The lowest BCUT2D eigenvalue weighted by molar-refractivity contribution is -0.181. The van der Waals surface area contributed by atoms with Gasteiger partial charge in [0.25, 0.3) is 0 Å². The maximum Gasteiger partial charge on any atom is 0.110 e. The number of aliphatic hydroxyl groups is 3. The summed E-state index contributed by atoms with van der Waals surface area (Å²) >= 11 is 6.51. The molecule has 6 heteroatoms. The Kier molecular flexibility index (Phi) is 6.81. The number of hydrogen-bond acceptors (Lipinski definition) is 5. The predicted octanol–water partition coefficient (Wildman–Crippen LogP) is 4.29. The van der Waals surface area contributed by atoms with Gasteiger partial charge in [0.15, 0.2) is 0 Å². The second-order valence-corrected chi connectivity index (χ2v) is 10.4. The van der Waals surface area contributed by atoms with E-state index in [0.717, 1.165) is 24.2 Å². The van der Waals surface area contributed by atoms with Crippen LogP contribution in [0.3, 0.4) is 0 Å². The molecule has 5 nitrogen and oxygen atoms in total. The van der Waals surface area contributed by atoms with Gasteiger partial charge >= 0.3 is 0 Å². The molecule has 2 aromatic carbocycles. The average molecular weight is 473 g/mol. The predicted molar refractivity (Wildman–Crippen MR) is 127 cm³/mol. The summed E-state index contributed by atoms with van der Waals surface area (Å²) in [5.41, 5.74) is 4.54. The number of rotatable bonds is 5. The quantitative estimate of drug-likeness (QED) is 0.605. The van der Waals surface area contributed by atoms with Gasteiger partial charge in [-0.3, -0.25) is 0 Å². The van der Waals surface area contributed by atoms with Gasteiger partial charge in [0.2, 0.25) is 0 Å². The largest absolute Gasteiger partial charge is 0.394 e. The Hall–Kier alpha value is -1.47. The van der Waals surface area contributed by atoms with Gasteiger partial charge in [-0.15, -0.1) is 0 Å². The van der Waals surface area contributed by atoms with Crippen molar-refractivity contribution in [1.82, 2.24) is 0 Å². The van der Waals surface area contributed by atoms with Gasteiger partial charge in [0.05, 0.1) is 31.0 Å². The molecule has 1 saturated carbocycles. The summed E-state index contributed by atoms with van der Waals surface area (Å²) in [5.74, 6) is 0.480. The molecule has 2 aromatic rings. The van der Waals surface area contributed by atoms with Gasteiger partial charge in [-0.1, -0.05) is 60.8 Å². The number of hydrogen-bond donors (Lipinski definition) is 3. The topological polar surface area (TPSA) is 79.2 Å². The molecule has 3 N–H and O–H groups in total.